The summed E-state index contributed by atoms with van der Waals surface area (Å²) in [5.41, 5.74) is 4.34. The van der Waals surface area contributed by atoms with E-state index in [4.69, 9.17) is 19.2 Å². The summed E-state index contributed by atoms with van der Waals surface area (Å²) in [5.74, 6) is 3.26. The third-order valence-corrected chi connectivity index (χ3v) is 5.86. The zero-order valence-electron chi connectivity index (χ0n) is 20.2. The highest BCUT2D eigenvalue weighted by Gasteiger charge is 2.16. The van der Waals surface area contributed by atoms with Crippen LogP contribution >= 0.6 is 0 Å². The van der Waals surface area contributed by atoms with Crippen molar-refractivity contribution in [3.63, 3.8) is 0 Å². The van der Waals surface area contributed by atoms with Crippen LogP contribution in [0.1, 0.15) is 36.7 Å². The zero-order valence-corrected chi connectivity index (χ0v) is 20.2. The predicted octanol–water partition coefficient (Wildman–Crippen LogP) is 5.50. The Hall–Kier alpha value is -3.51. The van der Waals surface area contributed by atoms with E-state index >= 15 is 0 Å². The molecule has 4 rings (SSSR count). The molecule has 1 aromatic heterocycles. The molecule has 0 saturated heterocycles. The number of aryl methyl sites for hydroxylation is 1. The number of hydrogen-bond donors (Lipinski definition) is 1. The minimum Gasteiger partial charge on any atom is -0.493 e. The number of aliphatic hydroxyl groups excluding tert-OH is 1. The van der Waals surface area contributed by atoms with E-state index in [1.165, 1.54) is 11.1 Å². The normalized spacial score (nSPS) is 12.2. The van der Waals surface area contributed by atoms with Gasteiger partial charge in [-0.2, -0.15) is 0 Å². The molecular formula is C28H32N2O4. The summed E-state index contributed by atoms with van der Waals surface area (Å²) in [6.45, 7) is 7.25. The molecule has 0 amide bonds. The lowest BCUT2D eigenvalue weighted by Gasteiger charge is -2.17. The summed E-state index contributed by atoms with van der Waals surface area (Å²) >= 11 is 0. The van der Waals surface area contributed by atoms with Crippen LogP contribution in [0.15, 0.2) is 66.7 Å². The monoisotopic (exact) mass is 460 g/mol. The van der Waals surface area contributed by atoms with E-state index in [0.717, 1.165) is 22.6 Å². The van der Waals surface area contributed by atoms with Gasteiger partial charge in [0, 0.05) is 0 Å². The largest absolute Gasteiger partial charge is 0.493 e. The first kappa shape index (κ1) is 23.6. The second kappa shape index (κ2) is 10.6. The maximum Gasteiger partial charge on any atom is 0.161 e. The lowest BCUT2D eigenvalue weighted by atomic mass is 9.98. The van der Waals surface area contributed by atoms with E-state index in [1.54, 1.807) is 7.11 Å². The van der Waals surface area contributed by atoms with E-state index < -0.39 is 6.10 Å². The Balaban J connectivity index is 1.49. The quantitative estimate of drug-likeness (QED) is 0.339. The van der Waals surface area contributed by atoms with Crippen LogP contribution in [0, 0.1) is 6.92 Å². The van der Waals surface area contributed by atoms with Gasteiger partial charge in [0.1, 0.15) is 30.9 Å². The number of para-hydroxylation sites is 4. The first-order valence-corrected chi connectivity index (χ1v) is 11.6. The van der Waals surface area contributed by atoms with Crippen molar-refractivity contribution >= 4 is 11.0 Å². The average molecular weight is 461 g/mol. The molecule has 0 bridgehead atoms. The van der Waals surface area contributed by atoms with E-state index in [1.807, 2.05) is 59.2 Å². The van der Waals surface area contributed by atoms with Gasteiger partial charge < -0.3 is 23.9 Å². The van der Waals surface area contributed by atoms with Gasteiger partial charge >= 0.3 is 0 Å². The van der Waals surface area contributed by atoms with Crippen LogP contribution < -0.4 is 14.2 Å². The smallest absolute Gasteiger partial charge is 0.161 e. The standard InChI is InChI=1S/C28H32N2O4/c1-19(2)23-14-13-22(15-20(23)3)33-18-28-29-24-9-5-6-10-25(24)30(28)16-21(31)17-34-27-12-8-7-11-26(27)32-4/h5-15,19,21,31H,16-18H2,1-4H3. The Morgan fingerprint density at radius 1 is 0.941 bits per heavy atom. The van der Waals surface area contributed by atoms with Crippen molar-refractivity contribution in [1.29, 1.82) is 0 Å². The topological polar surface area (TPSA) is 65.7 Å². The SMILES string of the molecule is COc1ccccc1OCC(O)Cn1c(COc2ccc(C(C)C)c(C)c2)nc2ccccc21. The zero-order chi connectivity index (χ0) is 24.1. The van der Waals surface area contributed by atoms with Crippen molar-refractivity contribution in [1.82, 2.24) is 9.55 Å². The maximum absolute atomic E-state index is 10.8. The molecule has 6 nitrogen and oxygen atoms in total. The van der Waals surface area contributed by atoms with E-state index in [9.17, 15) is 5.11 Å². The van der Waals surface area contributed by atoms with Crippen molar-refractivity contribution in [3.05, 3.63) is 83.7 Å². The number of benzene rings is 3. The van der Waals surface area contributed by atoms with Gasteiger partial charge in [0.15, 0.2) is 11.5 Å². The van der Waals surface area contributed by atoms with Gasteiger partial charge in [-0.3, -0.25) is 0 Å². The fourth-order valence-electron chi connectivity index (χ4n) is 4.16. The molecule has 3 aromatic carbocycles. The highest BCUT2D eigenvalue weighted by Crippen LogP contribution is 2.27. The van der Waals surface area contributed by atoms with Gasteiger partial charge in [0.2, 0.25) is 0 Å². The fourth-order valence-corrected chi connectivity index (χ4v) is 4.16. The third-order valence-electron chi connectivity index (χ3n) is 5.86. The van der Waals surface area contributed by atoms with Gasteiger partial charge in [0.05, 0.1) is 24.7 Å². The maximum atomic E-state index is 10.8. The second-order valence-electron chi connectivity index (χ2n) is 8.70. The Morgan fingerprint density at radius 3 is 2.41 bits per heavy atom. The summed E-state index contributed by atoms with van der Waals surface area (Å²) in [6, 6.07) is 21.5. The van der Waals surface area contributed by atoms with Gasteiger partial charge in [-0.1, -0.05) is 44.2 Å². The van der Waals surface area contributed by atoms with Gasteiger partial charge in [-0.25, -0.2) is 4.98 Å². The summed E-state index contributed by atoms with van der Waals surface area (Å²) in [5, 5.41) is 10.8. The van der Waals surface area contributed by atoms with Gasteiger partial charge in [-0.15, -0.1) is 0 Å². The van der Waals surface area contributed by atoms with Crippen molar-refractivity contribution in [2.45, 2.75) is 45.9 Å². The summed E-state index contributed by atoms with van der Waals surface area (Å²) in [4.78, 5) is 4.76. The van der Waals surface area contributed by atoms with Crippen molar-refractivity contribution in [2.24, 2.45) is 0 Å². The van der Waals surface area contributed by atoms with Crippen molar-refractivity contribution < 1.29 is 19.3 Å². The molecule has 0 aliphatic rings. The lowest BCUT2D eigenvalue weighted by molar-refractivity contribution is 0.0903. The Bertz CT molecular complexity index is 1250. The number of ether oxygens (including phenoxy) is 3. The predicted molar refractivity (Wildman–Crippen MR) is 134 cm³/mol. The van der Waals surface area contributed by atoms with Crippen LogP contribution in [0.25, 0.3) is 11.0 Å². The van der Waals surface area contributed by atoms with Crippen LogP contribution in [-0.4, -0.2) is 34.5 Å². The first-order chi connectivity index (χ1) is 16.5. The van der Waals surface area contributed by atoms with Crippen molar-refractivity contribution in [2.75, 3.05) is 13.7 Å². The molecule has 0 radical (unpaired) electrons. The number of nitrogens with zero attached hydrogens (tertiary/aromatic N) is 2. The Kier molecular flexibility index (Phi) is 7.38. The first-order valence-electron chi connectivity index (χ1n) is 11.6. The molecule has 6 heteroatoms. The molecule has 1 heterocycles. The summed E-state index contributed by atoms with van der Waals surface area (Å²) in [6.07, 6.45) is -0.742. The number of methoxy groups -OCH3 is 1. The molecule has 4 aromatic rings. The molecule has 1 unspecified atom stereocenters. The fraction of sp³-hybridized carbons (Fsp3) is 0.321. The van der Waals surface area contributed by atoms with Crippen LogP contribution in [0.3, 0.4) is 0 Å². The number of imidazole rings is 1. The number of aliphatic hydroxyl groups is 1. The number of aromatic nitrogens is 2. The van der Waals surface area contributed by atoms with Crippen LogP contribution in [0.2, 0.25) is 0 Å². The van der Waals surface area contributed by atoms with Crippen LogP contribution in [-0.2, 0) is 13.2 Å². The summed E-state index contributed by atoms with van der Waals surface area (Å²) < 4.78 is 19.3. The van der Waals surface area contributed by atoms with Crippen LogP contribution in [0.4, 0.5) is 0 Å². The number of rotatable bonds is 10. The molecule has 0 spiro atoms. The highest BCUT2D eigenvalue weighted by atomic mass is 16.5. The molecule has 1 atom stereocenters. The molecule has 0 fully saturated rings. The lowest BCUT2D eigenvalue weighted by Crippen LogP contribution is -2.25. The molecule has 34 heavy (non-hydrogen) atoms. The molecule has 1 N–H and O–H groups in total. The molecule has 0 saturated carbocycles. The summed E-state index contributed by atoms with van der Waals surface area (Å²) in [7, 11) is 1.60. The average Bonchev–Trinajstić information content (AvgIpc) is 3.18. The van der Waals surface area contributed by atoms with E-state index in [-0.39, 0.29) is 6.61 Å². The molecule has 0 aliphatic heterocycles. The second-order valence-corrected chi connectivity index (χ2v) is 8.70. The van der Waals surface area contributed by atoms with E-state index in [0.29, 0.717) is 30.6 Å². The minimum absolute atomic E-state index is 0.128. The Morgan fingerprint density at radius 2 is 1.68 bits per heavy atom. The Labute approximate surface area is 200 Å². The molecular weight excluding hydrogens is 428 g/mol. The van der Waals surface area contributed by atoms with Crippen LogP contribution in [0.5, 0.6) is 17.2 Å². The number of fused-ring (bicyclic) bond motifs is 1. The molecule has 178 valence electrons. The van der Waals surface area contributed by atoms with Crippen molar-refractivity contribution in [3.8, 4) is 17.2 Å². The number of hydrogen-bond acceptors (Lipinski definition) is 5. The minimum atomic E-state index is -0.742. The highest BCUT2D eigenvalue weighted by molar-refractivity contribution is 5.75. The van der Waals surface area contributed by atoms with Gasteiger partial charge in [-0.05, 0) is 60.4 Å². The van der Waals surface area contributed by atoms with Gasteiger partial charge in [0.25, 0.3) is 0 Å². The molecule has 0 aliphatic carbocycles. The third kappa shape index (κ3) is 5.34. The van der Waals surface area contributed by atoms with E-state index in [2.05, 4.69) is 32.9 Å².